The SMILES string of the molecule is COc1cccc2c1c(Nc1cccc(Cl)c1)nn2Cc1cccc(CNC(=O)[C@]2(C)CCCN2)c1. The molecule has 2 heterocycles. The summed E-state index contributed by atoms with van der Waals surface area (Å²) < 4.78 is 7.62. The highest BCUT2D eigenvalue weighted by Gasteiger charge is 2.35. The van der Waals surface area contributed by atoms with Gasteiger partial charge in [-0.25, -0.2) is 0 Å². The molecule has 1 aliphatic heterocycles. The Morgan fingerprint density at radius 1 is 1.14 bits per heavy atom. The number of hydrogen-bond acceptors (Lipinski definition) is 5. The van der Waals surface area contributed by atoms with Crippen molar-refractivity contribution in [2.24, 2.45) is 0 Å². The molecule has 0 aliphatic carbocycles. The molecule has 5 rings (SSSR count). The number of amides is 1. The predicted octanol–water partition coefficient (Wildman–Crippen LogP) is 5.25. The van der Waals surface area contributed by atoms with Crippen LogP contribution in [0.5, 0.6) is 5.75 Å². The Hall–Kier alpha value is -3.55. The molecular weight excluding hydrogens is 474 g/mol. The van der Waals surface area contributed by atoms with E-state index in [-0.39, 0.29) is 5.91 Å². The van der Waals surface area contributed by atoms with Gasteiger partial charge in [-0.1, -0.05) is 48.0 Å². The number of aromatic nitrogens is 2. The first-order valence-corrected chi connectivity index (χ1v) is 12.5. The van der Waals surface area contributed by atoms with Gasteiger partial charge in [-0.2, -0.15) is 5.10 Å². The molecule has 0 spiro atoms. The predicted molar refractivity (Wildman–Crippen MR) is 144 cm³/mol. The molecule has 8 heteroatoms. The summed E-state index contributed by atoms with van der Waals surface area (Å²) in [5.74, 6) is 1.49. The molecule has 0 unspecified atom stereocenters. The lowest BCUT2D eigenvalue weighted by atomic mass is 9.99. The van der Waals surface area contributed by atoms with Gasteiger partial charge in [0, 0.05) is 17.3 Å². The Morgan fingerprint density at radius 2 is 1.94 bits per heavy atom. The Morgan fingerprint density at radius 3 is 2.72 bits per heavy atom. The smallest absolute Gasteiger partial charge is 0.240 e. The number of halogens is 1. The second-order valence-corrected chi connectivity index (χ2v) is 9.80. The molecule has 4 aromatic rings. The van der Waals surface area contributed by atoms with Crippen LogP contribution in [0, 0.1) is 0 Å². The van der Waals surface area contributed by atoms with Crippen molar-refractivity contribution in [2.45, 2.75) is 38.4 Å². The molecule has 1 aromatic heterocycles. The number of carbonyl (C=O) groups is 1. The van der Waals surface area contributed by atoms with Crippen LogP contribution >= 0.6 is 11.6 Å². The number of nitrogens with zero attached hydrogens (tertiary/aromatic N) is 2. The number of methoxy groups -OCH3 is 1. The molecule has 3 N–H and O–H groups in total. The topological polar surface area (TPSA) is 80.2 Å². The van der Waals surface area contributed by atoms with E-state index in [2.05, 4.69) is 28.1 Å². The zero-order valence-electron chi connectivity index (χ0n) is 20.5. The Bertz CT molecular complexity index is 1390. The third-order valence-electron chi connectivity index (χ3n) is 6.69. The molecule has 3 aromatic carbocycles. The summed E-state index contributed by atoms with van der Waals surface area (Å²) in [4.78, 5) is 12.7. The van der Waals surface area contributed by atoms with Gasteiger partial charge >= 0.3 is 0 Å². The van der Waals surface area contributed by atoms with Gasteiger partial charge in [0.1, 0.15) is 5.75 Å². The fraction of sp³-hybridized carbons (Fsp3) is 0.286. The number of nitrogens with one attached hydrogen (secondary N) is 3. The van der Waals surface area contributed by atoms with Crippen molar-refractivity contribution >= 4 is 39.9 Å². The van der Waals surface area contributed by atoms with E-state index < -0.39 is 5.54 Å². The van der Waals surface area contributed by atoms with Gasteiger partial charge < -0.3 is 20.7 Å². The van der Waals surface area contributed by atoms with Gasteiger partial charge in [-0.3, -0.25) is 9.48 Å². The van der Waals surface area contributed by atoms with E-state index in [1.165, 1.54) is 0 Å². The Kier molecular flexibility index (Phi) is 6.85. The monoisotopic (exact) mass is 503 g/mol. The lowest BCUT2D eigenvalue weighted by Crippen LogP contribution is -2.50. The number of benzene rings is 3. The van der Waals surface area contributed by atoms with Crippen LogP contribution in [0.25, 0.3) is 10.9 Å². The van der Waals surface area contributed by atoms with Crippen LogP contribution in [0.15, 0.2) is 66.7 Å². The highest BCUT2D eigenvalue weighted by Crippen LogP contribution is 2.34. The largest absolute Gasteiger partial charge is 0.496 e. The first-order chi connectivity index (χ1) is 17.4. The zero-order chi connectivity index (χ0) is 25.1. The van der Waals surface area contributed by atoms with E-state index in [0.29, 0.717) is 23.9 Å². The summed E-state index contributed by atoms with van der Waals surface area (Å²) in [5.41, 5.74) is 3.47. The molecule has 186 valence electrons. The van der Waals surface area contributed by atoms with Crippen molar-refractivity contribution in [1.82, 2.24) is 20.4 Å². The van der Waals surface area contributed by atoms with Crippen LogP contribution in [0.2, 0.25) is 5.02 Å². The van der Waals surface area contributed by atoms with Gasteiger partial charge in [0.2, 0.25) is 5.91 Å². The molecule has 7 nitrogen and oxygen atoms in total. The molecule has 1 fully saturated rings. The van der Waals surface area contributed by atoms with Crippen molar-refractivity contribution in [2.75, 3.05) is 19.0 Å². The molecular formula is C28H30ClN5O2. The van der Waals surface area contributed by atoms with Gasteiger partial charge in [0.15, 0.2) is 5.82 Å². The Labute approximate surface area is 215 Å². The summed E-state index contributed by atoms with van der Waals surface area (Å²) in [7, 11) is 1.66. The molecule has 0 radical (unpaired) electrons. The molecule has 36 heavy (non-hydrogen) atoms. The second kappa shape index (κ2) is 10.2. The number of rotatable bonds is 8. The van der Waals surface area contributed by atoms with E-state index in [1.54, 1.807) is 7.11 Å². The van der Waals surface area contributed by atoms with Crippen LogP contribution in [-0.2, 0) is 17.9 Å². The first kappa shape index (κ1) is 24.2. The van der Waals surface area contributed by atoms with Crippen molar-refractivity contribution in [3.63, 3.8) is 0 Å². The fourth-order valence-electron chi connectivity index (χ4n) is 4.76. The van der Waals surface area contributed by atoms with Crippen molar-refractivity contribution in [1.29, 1.82) is 0 Å². The minimum absolute atomic E-state index is 0.0484. The van der Waals surface area contributed by atoms with E-state index in [4.69, 9.17) is 21.4 Å². The first-order valence-electron chi connectivity index (χ1n) is 12.1. The van der Waals surface area contributed by atoms with E-state index in [9.17, 15) is 4.79 Å². The van der Waals surface area contributed by atoms with E-state index in [1.807, 2.05) is 66.2 Å². The maximum absolute atomic E-state index is 12.7. The third-order valence-corrected chi connectivity index (χ3v) is 6.93. The van der Waals surface area contributed by atoms with E-state index in [0.717, 1.165) is 52.9 Å². The minimum atomic E-state index is -0.475. The average molecular weight is 504 g/mol. The maximum atomic E-state index is 12.7. The summed E-state index contributed by atoms with van der Waals surface area (Å²) in [6, 6.07) is 21.7. The summed E-state index contributed by atoms with van der Waals surface area (Å²) >= 11 is 6.18. The van der Waals surface area contributed by atoms with Crippen molar-refractivity contribution < 1.29 is 9.53 Å². The normalized spacial score (nSPS) is 17.3. The quantitative estimate of drug-likeness (QED) is 0.306. The minimum Gasteiger partial charge on any atom is -0.496 e. The number of anilines is 2. The van der Waals surface area contributed by atoms with Crippen LogP contribution in [0.3, 0.4) is 0 Å². The number of fused-ring (bicyclic) bond motifs is 1. The molecule has 0 saturated carbocycles. The van der Waals surface area contributed by atoms with Crippen LogP contribution < -0.4 is 20.7 Å². The number of carbonyl (C=O) groups excluding carboxylic acids is 1. The summed E-state index contributed by atoms with van der Waals surface area (Å²) in [5, 5.41) is 16.2. The highest BCUT2D eigenvalue weighted by atomic mass is 35.5. The fourth-order valence-corrected chi connectivity index (χ4v) is 4.95. The molecule has 1 saturated heterocycles. The molecule has 1 aliphatic rings. The number of hydrogen-bond donors (Lipinski definition) is 3. The average Bonchev–Trinajstić information content (AvgIpc) is 3.47. The molecule has 1 amide bonds. The lowest BCUT2D eigenvalue weighted by Gasteiger charge is -2.23. The standard InChI is InChI=1S/C28H30ClN5O2/c1-28(13-6-14-31-28)27(35)30-17-19-7-3-8-20(15-19)18-34-23-11-5-12-24(36-2)25(23)26(33-34)32-22-10-4-9-21(29)16-22/h3-5,7-12,15-16,31H,6,13-14,17-18H2,1-2H3,(H,30,35)(H,32,33)/t28-/m0/s1. The third kappa shape index (κ3) is 5.03. The van der Waals surface area contributed by atoms with Crippen LogP contribution in [0.1, 0.15) is 30.9 Å². The number of ether oxygens (including phenoxy) is 1. The van der Waals surface area contributed by atoms with Crippen molar-refractivity contribution in [3.8, 4) is 5.75 Å². The second-order valence-electron chi connectivity index (χ2n) is 9.36. The van der Waals surface area contributed by atoms with Crippen LogP contribution in [-0.4, -0.2) is 34.9 Å². The van der Waals surface area contributed by atoms with Gasteiger partial charge in [-0.15, -0.1) is 0 Å². The summed E-state index contributed by atoms with van der Waals surface area (Å²) in [6.07, 6.45) is 1.89. The molecule has 1 atom stereocenters. The lowest BCUT2D eigenvalue weighted by molar-refractivity contribution is -0.126. The summed E-state index contributed by atoms with van der Waals surface area (Å²) in [6.45, 7) is 3.91. The van der Waals surface area contributed by atoms with Gasteiger partial charge in [0.05, 0.1) is 30.1 Å². The molecule has 0 bridgehead atoms. The van der Waals surface area contributed by atoms with Gasteiger partial charge in [0.25, 0.3) is 0 Å². The van der Waals surface area contributed by atoms with E-state index >= 15 is 0 Å². The van der Waals surface area contributed by atoms with Crippen LogP contribution in [0.4, 0.5) is 11.5 Å². The van der Waals surface area contributed by atoms with Gasteiger partial charge in [-0.05, 0) is 67.8 Å². The highest BCUT2D eigenvalue weighted by molar-refractivity contribution is 6.30. The van der Waals surface area contributed by atoms with Crippen molar-refractivity contribution in [3.05, 3.63) is 82.9 Å². The zero-order valence-corrected chi connectivity index (χ0v) is 21.2. The Balaban J connectivity index is 1.39. The maximum Gasteiger partial charge on any atom is 0.240 e.